The number of nitrogen functional groups attached to an aromatic ring is 2. The minimum Gasteiger partial charge on any atom is -0.496 e. The maximum absolute atomic E-state index is 5.65. The molecular formula is C14H13N5O. The van der Waals surface area contributed by atoms with Crippen molar-refractivity contribution < 1.29 is 4.74 Å². The first-order valence-electron chi connectivity index (χ1n) is 6.02. The molecule has 3 aromatic rings. The molecule has 0 saturated heterocycles. The maximum atomic E-state index is 5.65. The van der Waals surface area contributed by atoms with E-state index in [9.17, 15) is 0 Å². The Labute approximate surface area is 115 Å². The van der Waals surface area contributed by atoms with Gasteiger partial charge in [0.1, 0.15) is 5.75 Å². The number of hydrogen-bond acceptors (Lipinski definition) is 6. The van der Waals surface area contributed by atoms with E-state index in [1.807, 2.05) is 36.4 Å². The standard InChI is InChI=1S/C14H13N5O/c1-20-10-7-6-8-4-2-3-5-9(8)11(10)12-17-13(15)19-14(16)18-12/h2-7H,1H3,(H4,15,16,17,18,19). The Morgan fingerprint density at radius 3 is 2.30 bits per heavy atom. The Hall–Kier alpha value is -2.89. The van der Waals surface area contributed by atoms with Gasteiger partial charge in [0.05, 0.1) is 12.7 Å². The van der Waals surface area contributed by atoms with Gasteiger partial charge in [-0.25, -0.2) is 0 Å². The number of benzene rings is 2. The molecule has 0 atom stereocenters. The van der Waals surface area contributed by atoms with Crippen LogP contribution in [0.15, 0.2) is 36.4 Å². The van der Waals surface area contributed by atoms with Crippen molar-refractivity contribution in [2.45, 2.75) is 0 Å². The van der Waals surface area contributed by atoms with E-state index in [1.165, 1.54) is 0 Å². The lowest BCUT2D eigenvalue weighted by molar-refractivity contribution is 0.416. The number of nitrogens with zero attached hydrogens (tertiary/aromatic N) is 3. The van der Waals surface area contributed by atoms with Gasteiger partial charge in [-0.15, -0.1) is 0 Å². The van der Waals surface area contributed by atoms with Crippen molar-refractivity contribution in [3.05, 3.63) is 36.4 Å². The molecule has 1 aromatic heterocycles. The van der Waals surface area contributed by atoms with Gasteiger partial charge < -0.3 is 16.2 Å². The van der Waals surface area contributed by atoms with E-state index in [4.69, 9.17) is 16.2 Å². The largest absolute Gasteiger partial charge is 0.496 e. The van der Waals surface area contributed by atoms with Crippen LogP contribution in [0.5, 0.6) is 5.75 Å². The highest BCUT2D eigenvalue weighted by molar-refractivity contribution is 5.98. The fourth-order valence-corrected chi connectivity index (χ4v) is 2.17. The van der Waals surface area contributed by atoms with Crippen LogP contribution in [0.4, 0.5) is 11.9 Å². The van der Waals surface area contributed by atoms with Gasteiger partial charge in [0, 0.05) is 0 Å². The summed E-state index contributed by atoms with van der Waals surface area (Å²) in [6, 6.07) is 11.7. The minimum atomic E-state index is 0.0856. The van der Waals surface area contributed by atoms with Crippen LogP contribution in [0, 0.1) is 0 Å². The second-order valence-electron chi connectivity index (χ2n) is 4.24. The molecule has 6 nitrogen and oxygen atoms in total. The van der Waals surface area contributed by atoms with Crippen LogP contribution in [0.3, 0.4) is 0 Å². The topological polar surface area (TPSA) is 99.9 Å². The van der Waals surface area contributed by atoms with Crippen molar-refractivity contribution in [2.75, 3.05) is 18.6 Å². The number of nitrogens with two attached hydrogens (primary N) is 2. The average Bonchev–Trinajstić information content (AvgIpc) is 2.45. The van der Waals surface area contributed by atoms with E-state index in [1.54, 1.807) is 7.11 Å². The highest BCUT2D eigenvalue weighted by Gasteiger charge is 2.14. The number of hydrogen-bond donors (Lipinski definition) is 2. The second kappa shape index (κ2) is 4.65. The lowest BCUT2D eigenvalue weighted by Gasteiger charge is -2.11. The predicted molar refractivity (Wildman–Crippen MR) is 78.1 cm³/mol. The lowest BCUT2D eigenvalue weighted by atomic mass is 10.0. The number of ether oxygens (including phenoxy) is 1. The van der Waals surface area contributed by atoms with Crippen LogP contribution in [-0.4, -0.2) is 22.1 Å². The van der Waals surface area contributed by atoms with Gasteiger partial charge in [0.15, 0.2) is 5.82 Å². The third kappa shape index (κ3) is 1.97. The van der Waals surface area contributed by atoms with Gasteiger partial charge in [0.2, 0.25) is 11.9 Å². The van der Waals surface area contributed by atoms with E-state index in [2.05, 4.69) is 15.0 Å². The summed E-state index contributed by atoms with van der Waals surface area (Å²) in [4.78, 5) is 12.1. The van der Waals surface area contributed by atoms with E-state index >= 15 is 0 Å². The van der Waals surface area contributed by atoms with Gasteiger partial charge in [-0.3, -0.25) is 0 Å². The Morgan fingerprint density at radius 1 is 0.900 bits per heavy atom. The second-order valence-corrected chi connectivity index (χ2v) is 4.24. The molecule has 4 N–H and O–H groups in total. The predicted octanol–water partition coefficient (Wildman–Crippen LogP) is 1.86. The summed E-state index contributed by atoms with van der Waals surface area (Å²) in [6.45, 7) is 0. The van der Waals surface area contributed by atoms with E-state index in [-0.39, 0.29) is 11.9 Å². The molecule has 2 aromatic carbocycles. The summed E-state index contributed by atoms with van der Waals surface area (Å²) >= 11 is 0. The lowest BCUT2D eigenvalue weighted by Crippen LogP contribution is -2.05. The third-order valence-electron chi connectivity index (χ3n) is 3.00. The molecule has 0 aliphatic rings. The highest BCUT2D eigenvalue weighted by Crippen LogP contribution is 2.35. The van der Waals surface area contributed by atoms with Crippen molar-refractivity contribution >= 4 is 22.7 Å². The molecule has 20 heavy (non-hydrogen) atoms. The first-order valence-corrected chi connectivity index (χ1v) is 6.02. The Morgan fingerprint density at radius 2 is 1.60 bits per heavy atom. The zero-order valence-electron chi connectivity index (χ0n) is 10.9. The molecule has 0 aliphatic carbocycles. The van der Waals surface area contributed by atoms with E-state index in [0.717, 1.165) is 16.3 Å². The summed E-state index contributed by atoms with van der Waals surface area (Å²) in [6.07, 6.45) is 0. The summed E-state index contributed by atoms with van der Waals surface area (Å²) in [7, 11) is 1.60. The van der Waals surface area contributed by atoms with Crippen LogP contribution in [0.2, 0.25) is 0 Å². The van der Waals surface area contributed by atoms with Crippen LogP contribution in [0.25, 0.3) is 22.2 Å². The highest BCUT2D eigenvalue weighted by atomic mass is 16.5. The van der Waals surface area contributed by atoms with Gasteiger partial charge >= 0.3 is 0 Å². The van der Waals surface area contributed by atoms with Gasteiger partial charge in [-0.05, 0) is 16.8 Å². The number of aromatic nitrogens is 3. The SMILES string of the molecule is COc1ccc2ccccc2c1-c1nc(N)nc(N)n1. The van der Waals surface area contributed by atoms with Crippen LogP contribution in [0.1, 0.15) is 0 Å². The molecule has 0 spiro atoms. The van der Waals surface area contributed by atoms with E-state index < -0.39 is 0 Å². The first-order chi connectivity index (χ1) is 9.69. The summed E-state index contributed by atoms with van der Waals surface area (Å²) in [5.74, 6) is 1.24. The fraction of sp³-hybridized carbons (Fsp3) is 0.0714. The van der Waals surface area contributed by atoms with Crippen molar-refractivity contribution in [2.24, 2.45) is 0 Å². The van der Waals surface area contributed by atoms with Gasteiger partial charge in [0.25, 0.3) is 0 Å². The zero-order valence-corrected chi connectivity index (χ0v) is 10.9. The number of rotatable bonds is 2. The number of anilines is 2. The minimum absolute atomic E-state index is 0.0856. The van der Waals surface area contributed by atoms with Crippen molar-refractivity contribution in [1.29, 1.82) is 0 Å². The number of methoxy groups -OCH3 is 1. The molecular weight excluding hydrogens is 254 g/mol. The van der Waals surface area contributed by atoms with Crippen LogP contribution >= 0.6 is 0 Å². The Kier molecular flexibility index (Phi) is 2.83. The monoisotopic (exact) mass is 267 g/mol. The Bertz CT molecular complexity index is 767. The van der Waals surface area contributed by atoms with Crippen molar-refractivity contribution in [3.63, 3.8) is 0 Å². The molecule has 1 heterocycles. The van der Waals surface area contributed by atoms with Crippen molar-refractivity contribution in [3.8, 4) is 17.1 Å². The quantitative estimate of drug-likeness (QED) is 0.735. The smallest absolute Gasteiger partial charge is 0.225 e. The average molecular weight is 267 g/mol. The molecule has 0 bridgehead atoms. The van der Waals surface area contributed by atoms with E-state index in [0.29, 0.717) is 11.6 Å². The summed E-state index contributed by atoms with van der Waals surface area (Å²) in [5, 5.41) is 2.03. The zero-order chi connectivity index (χ0) is 14.1. The molecule has 0 unspecified atom stereocenters. The third-order valence-corrected chi connectivity index (χ3v) is 3.00. The molecule has 0 radical (unpaired) electrons. The van der Waals surface area contributed by atoms with Gasteiger partial charge in [-0.1, -0.05) is 30.3 Å². The molecule has 100 valence electrons. The Balaban J connectivity index is 2.38. The molecule has 0 saturated carbocycles. The van der Waals surface area contributed by atoms with Crippen LogP contribution in [-0.2, 0) is 0 Å². The molecule has 3 rings (SSSR count). The van der Waals surface area contributed by atoms with Crippen molar-refractivity contribution in [1.82, 2.24) is 15.0 Å². The molecule has 0 aliphatic heterocycles. The van der Waals surface area contributed by atoms with Crippen LogP contribution < -0.4 is 16.2 Å². The molecule has 0 amide bonds. The maximum Gasteiger partial charge on any atom is 0.225 e. The molecule has 0 fully saturated rings. The number of fused-ring (bicyclic) bond motifs is 1. The fourth-order valence-electron chi connectivity index (χ4n) is 2.17. The first kappa shape index (κ1) is 12.2. The summed E-state index contributed by atoms with van der Waals surface area (Å²) < 4.78 is 5.41. The summed E-state index contributed by atoms with van der Waals surface area (Å²) in [5.41, 5.74) is 12.1. The normalized spacial score (nSPS) is 10.7. The molecule has 6 heteroatoms. The van der Waals surface area contributed by atoms with Gasteiger partial charge in [-0.2, -0.15) is 15.0 Å².